The molecule has 0 radical (unpaired) electrons. The summed E-state index contributed by atoms with van der Waals surface area (Å²) >= 11 is 0. The Bertz CT molecular complexity index is 957. The first-order valence-electron chi connectivity index (χ1n) is 7.39. The fraction of sp³-hybridized carbons (Fsp3) is 0. The van der Waals surface area contributed by atoms with Crippen LogP contribution < -0.4 is 0 Å². The van der Waals surface area contributed by atoms with E-state index in [1.807, 2.05) is 60.7 Å². The maximum absolute atomic E-state index is 4.72. The first-order chi connectivity index (χ1) is 11.4. The SMILES string of the molecule is C(=C\c1nc2ccccc2n1-c1ccccn1)/c1ccncc1. The van der Waals surface area contributed by atoms with Crippen molar-refractivity contribution in [3.63, 3.8) is 0 Å². The van der Waals surface area contributed by atoms with Crippen LogP contribution in [0.25, 0.3) is 29.0 Å². The average molecular weight is 298 g/mol. The van der Waals surface area contributed by atoms with Crippen LogP contribution in [0.3, 0.4) is 0 Å². The number of aromatic nitrogens is 4. The number of hydrogen-bond acceptors (Lipinski definition) is 3. The van der Waals surface area contributed by atoms with Gasteiger partial charge in [0.15, 0.2) is 0 Å². The first-order valence-corrected chi connectivity index (χ1v) is 7.39. The van der Waals surface area contributed by atoms with E-state index >= 15 is 0 Å². The van der Waals surface area contributed by atoms with Gasteiger partial charge in [0.2, 0.25) is 0 Å². The molecule has 0 unspecified atom stereocenters. The normalized spacial score (nSPS) is 11.3. The summed E-state index contributed by atoms with van der Waals surface area (Å²) in [4.78, 5) is 13.2. The Balaban J connectivity index is 1.88. The van der Waals surface area contributed by atoms with Gasteiger partial charge in [0.1, 0.15) is 11.6 Å². The molecule has 3 aromatic heterocycles. The van der Waals surface area contributed by atoms with Gasteiger partial charge in [-0.05, 0) is 48.0 Å². The topological polar surface area (TPSA) is 43.6 Å². The summed E-state index contributed by atoms with van der Waals surface area (Å²) in [6, 6.07) is 17.9. The van der Waals surface area contributed by atoms with Crippen LogP contribution in [0.2, 0.25) is 0 Å². The molecule has 0 atom stereocenters. The Morgan fingerprint density at radius 3 is 2.43 bits per heavy atom. The van der Waals surface area contributed by atoms with Crippen LogP contribution in [0, 0.1) is 0 Å². The highest BCUT2D eigenvalue weighted by atomic mass is 15.1. The van der Waals surface area contributed by atoms with Crippen LogP contribution in [-0.4, -0.2) is 19.5 Å². The quantitative estimate of drug-likeness (QED) is 0.574. The van der Waals surface area contributed by atoms with Gasteiger partial charge in [-0.25, -0.2) is 9.97 Å². The summed E-state index contributed by atoms with van der Waals surface area (Å²) in [5.41, 5.74) is 3.08. The smallest absolute Gasteiger partial charge is 0.139 e. The molecule has 4 rings (SSSR count). The van der Waals surface area contributed by atoms with Crippen molar-refractivity contribution in [1.29, 1.82) is 0 Å². The number of nitrogens with zero attached hydrogens (tertiary/aromatic N) is 4. The molecule has 0 bridgehead atoms. The highest BCUT2D eigenvalue weighted by molar-refractivity contribution is 5.81. The molecular formula is C19H14N4. The minimum absolute atomic E-state index is 0.849. The van der Waals surface area contributed by atoms with Crippen molar-refractivity contribution in [2.45, 2.75) is 0 Å². The molecule has 4 aromatic rings. The van der Waals surface area contributed by atoms with Crippen LogP contribution in [0.4, 0.5) is 0 Å². The monoisotopic (exact) mass is 298 g/mol. The molecule has 1 aromatic carbocycles. The van der Waals surface area contributed by atoms with Gasteiger partial charge in [0.05, 0.1) is 11.0 Å². The lowest BCUT2D eigenvalue weighted by Gasteiger charge is -2.05. The Kier molecular flexibility index (Phi) is 3.41. The lowest BCUT2D eigenvalue weighted by atomic mass is 10.2. The predicted octanol–water partition coefficient (Wildman–Crippen LogP) is 3.99. The van der Waals surface area contributed by atoms with E-state index in [-0.39, 0.29) is 0 Å². The number of para-hydroxylation sites is 2. The molecule has 4 heteroatoms. The van der Waals surface area contributed by atoms with E-state index in [2.05, 4.69) is 20.6 Å². The van der Waals surface area contributed by atoms with Gasteiger partial charge in [-0.2, -0.15) is 0 Å². The molecule has 0 amide bonds. The summed E-state index contributed by atoms with van der Waals surface area (Å²) < 4.78 is 2.06. The fourth-order valence-corrected chi connectivity index (χ4v) is 2.53. The van der Waals surface area contributed by atoms with Crippen LogP contribution in [0.5, 0.6) is 0 Å². The zero-order valence-electron chi connectivity index (χ0n) is 12.4. The second kappa shape index (κ2) is 5.85. The van der Waals surface area contributed by atoms with Crippen molar-refractivity contribution in [2.24, 2.45) is 0 Å². The Morgan fingerprint density at radius 1 is 0.783 bits per heavy atom. The first kappa shape index (κ1) is 13.4. The summed E-state index contributed by atoms with van der Waals surface area (Å²) in [6.07, 6.45) is 9.38. The molecule has 0 aliphatic rings. The molecule has 23 heavy (non-hydrogen) atoms. The molecule has 0 saturated carbocycles. The molecular weight excluding hydrogens is 284 g/mol. The highest BCUT2D eigenvalue weighted by Crippen LogP contribution is 2.21. The van der Waals surface area contributed by atoms with E-state index in [0.29, 0.717) is 0 Å². The number of imidazole rings is 1. The minimum atomic E-state index is 0.849. The molecule has 0 aliphatic carbocycles. The third kappa shape index (κ3) is 2.62. The predicted molar refractivity (Wildman–Crippen MR) is 92.0 cm³/mol. The Hall–Kier alpha value is -3.27. The van der Waals surface area contributed by atoms with Crippen LogP contribution in [0.15, 0.2) is 73.2 Å². The molecule has 110 valence electrons. The van der Waals surface area contributed by atoms with Crippen molar-refractivity contribution in [1.82, 2.24) is 19.5 Å². The van der Waals surface area contributed by atoms with E-state index < -0.39 is 0 Å². The third-order valence-electron chi connectivity index (χ3n) is 3.60. The standard InChI is InChI=1S/C19H14N4/c1-2-6-17-16(5-1)22-19(9-8-15-10-13-20-14-11-15)23(17)18-7-3-4-12-21-18/h1-14H/b9-8+. The van der Waals surface area contributed by atoms with Gasteiger partial charge < -0.3 is 0 Å². The zero-order valence-corrected chi connectivity index (χ0v) is 12.4. The van der Waals surface area contributed by atoms with Crippen molar-refractivity contribution >= 4 is 23.2 Å². The number of pyridine rings is 2. The molecule has 0 aliphatic heterocycles. The van der Waals surface area contributed by atoms with Crippen molar-refractivity contribution in [2.75, 3.05) is 0 Å². The third-order valence-corrected chi connectivity index (χ3v) is 3.60. The number of fused-ring (bicyclic) bond motifs is 1. The number of rotatable bonds is 3. The number of benzene rings is 1. The van der Waals surface area contributed by atoms with E-state index in [0.717, 1.165) is 28.2 Å². The van der Waals surface area contributed by atoms with E-state index in [4.69, 9.17) is 4.98 Å². The molecule has 0 spiro atoms. The molecule has 0 fully saturated rings. The molecule has 0 saturated heterocycles. The summed E-state index contributed by atoms with van der Waals surface area (Å²) in [6.45, 7) is 0. The van der Waals surface area contributed by atoms with Crippen LogP contribution in [0.1, 0.15) is 11.4 Å². The highest BCUT2D eigenvalue weighted by Gasteiger charge is 2.10. The summed E-state index contributed by atoms with van der Waals surface area (Å²) in [7, 11) is 0. The van der Waals surface area contributed by atoms with Crippen LogP contribution in [-0.2, 0) is 0 Å². The van der Waals surface area contributed by atoms with Gasteiger partial charge in [-0.1, -0.05) is 24.3 Å². The maximum Gasteiger partial charge on any atom is 0.139 e. The van der Waals surface area contributed by atoms with E-state index in [1.54, 1.807) is 18.6 Å². The van der Waals surface area contributed by atoms with Crippen molar-refractivity contribution < 1.29 is 0 Å². The fourth-order valence-electron chi connectivity index (χ4n) is 2.53. The maximum atomic E-state index is 4.72. The second-order valence-corrected chi connectivity index (χ2v) is 5.10. The van der Waals surface area contributed by atoms with Crippen molar-refractivity contribution in [3.05, 3.63) is 84.6 Å². The van der Waals surface area contributed by atoms with Gasteiger partial charge in [0.25, 0.3) is 0 Å². The Morgan fingerprint density at radius 2 is 1.61 bits per heavy atom. The van der Waals surface area contributed by atoms with Crippen molar-refractivity contribution in [3.8, 4) is 5.82 Å². The van der Waals surface area contributed by atoms with E-state index in [9.17, 15) is 0 Å². The lowest BCUT2D eigenvalue weighted by molar-refractivity contribution is 1.01. The lowest BCUT2D eigenvalue weighted by Crippen LogP contribution is -1.99. The molecule has 3 heterocycles. The minimum Gasteiger partial charge on any atom is -0.277 e. The van der Waals surface area contributed by atoms with Gasteiger partial charge in [-0.3, -0.25) is 9.55 Å². The van der Waals surface area contributed by atoms with Gasteiger partial charge >= 0.3 is 0 Å². The van der Waals surface area contributed by atoms with Crippen LogP contribution >= 0.6 is 0 Å². The van der Waals surface area contributed by atoms with Gasteiger partial charge in [-0.15, -0.1) is 0 Å². The second-order valence-electron chi connectivity index (χ2n) is 5.10. The summed E-state index contributed by atoms with van der Waals surface area (Å²) in [5, 5.41) is 0. The van der Waals surface area contributed by atoms with Gasteiger partial charge in [0, 0.05) is 18.6 Å². The number of hydrogen-bond donors (Lipinski definition) is 0. The molecule has 4 nitrogen and oxygen atoms in total. The Labute approximate surface area is 133 Å². The summed E-state index contributed by atoms with van der Waals surface area (Å²) in [5.74, 6) is 1.71. The zero-order chi connectivity index (χ0) is 15.5. The average Bonchev–Trinajstić information content (AvgIpc) is 3.00. The molecule has 0 N–H and O–H groups in total. The van der Waals surface area contributed by atoms with E-state index in [1.165, 1.54) is 0 Å². The largest absolute Gasteiger partial charge is 0.277 e.